The van der Waals surface area contributed by atoms with E-state index in [1.165, 1.54) is 0 Å². The molecule has 0 atom stereocenters. The van der Waals surface area contributed by atoms with Gasteiger partial charge in [-0.3, -0.25) is 9.59 Å². The Morgan fingerprint density at radius 2 is 1.82 bits per heavy atom. The number of allylic oxidation sites excluding steroid dienone is 2. The van der Waals surface area contributed by atoms with Crippen LogP contribution in [-0.4, -0.2) is 17.5 Å². The Morgan fingerprint density at radius 3 is 2.27 bits per heavy atom. The average molecular weight is 151 g/mol. The molecule has 1 aliphatic carbocycles. The van der Waals surface area contributed by atoms with Gasteiger partial charge in [-0.2, -0.15) is 0 Å². The van der Waals surface area contributed by atoms with E-state index in [-0.39, 0.29) is 5.57 Å². The van der Waals surface area contributed by atoms with Crippen molar-refractivity contribution in [3.63, 3.8) is 0 Å². The predicted octanol–water partition coefficient (Wildman–Crippen LogP) is -1.63. The molecule has 0 N–H and O–H groups in total. The zero-order valence-electron chi connectivity index (χ0n) is 5.37. The summed E-state index contributed by atoms with van der Waals surface area (Å²) in [7, 11) is 0. The Hall–Kier alpha value is -1.71. The van der Waals surface area contributed by atoms with Gasteiger partial charge in [0.05, 0.1) is 5.97 Å². The Kier molecular flexibility index (Phi) is 1.68. The molecule has 56 valence electrons. The van der Waals surface area contributed by atoms with Gasteiger partial charge in [0.25, 0.3) is 0 Å². The molecule has 0 heterocycles. The Bertz CT molecular complexity index is 296. The third kappa shape index (κ3) is 1.40. The van der Waals surface area contributed by atoms with Crippen LogP contribution in [0.4, 0.5) is 0 Å². The lowest BCUT2D eigenvalue weighted by molar-refractivity contribution is -0.298. The van der Waals surface area contributed by atoms with E-state index in [1.54, 1.807) is 0 Å². The topological polar surface area (TPSA) is 74.3 Å². The molecule has 4 nitrogen and oxygen atoms in total. The number of carboxylic acid groups (broad SMARTS) is 1. The predicted molar refractivity (Wildman–Crippen MR) is 32.2 cm³/mol. The van der Waals surface area contributed by atoms with Gasteiger partial charge in [0.1, 0.15) is 0 Å². The summed E-state index contributed by atoms with van der Waals surface area (Å²) in [5.74, 6) is -3.00. The van der Waals surface area contributed by atoms with Crippen molar-refractivity contribution >= 4 is 17.5 Å². The maximum atomic E-state index is 10.5. The highest BCUT2D eigenvalue weighted by Gasteiger charge is 2.12. The fourth-order valence-electron chi connectivity index (χ4n) is 0.635. The summed E-state index contributed by atoms with van der Waals surface area (Å²) in [6.45, 7) is 0. The van der Waals surface area contributed by atoms with Crippen LogP contribution in [-0.2, 0) is 14.4 Å². The number of hydrogen-bond acceptors (Lipinski definition) is 4. The molecular weight excluding hydrogens is 148 g/mol. The number of carboxylic acids is 1. The van der Waals surface area contributed by atoms with Crippen LogP contribution in [0.3, 0.4) is 0 Å². The van der Waals surface area contributed by atoms with Crippen molar-refractivity contribution in [3.8, 4) is 0 Å². The summed E-state index contributed by atoms with van der Waals surface area (Å²) in [5, 5.41) is 10.1. The van der Waals surface area contributed by atoms with E-state index in [2.05, 4.69) is 0 Å². The Morgan fingerprint density at radius 1 is 1.18 bits per heavy atom. The minimum Gasteiger partial charge on any atom is -0.545 e. The van der Waals surface area contributed by atoms with Gasteiger partial charge in [-0.15, -0.1) is 0 Å². The Balaban J connectivity index is 2.98. The normalized spacial score (nSPS) is 16.5. The van der Waals surface area contributed by atoms with E-state index >= 15 is 0 Å². The number of carbonyl (C=O) groups is 3. The average Bonchev–Trinajstić information content (AvgIpc) is 1.94. The lowest BCUT2D eigenvalue weighted by atomic mass is 10.1. The summed E-state index contributed by atoms with van der Waals surface area (Å²) >= 11 is 0. The minimum atomic E-state index is -1.46. The zero-order chi connectivity index (χ0) is 8.43. The summed E-state index contributed by atoms with van der Waals surface area (Å²) in [5.41, 5.74) is -0.269. The SMILES string of the molecule is O=C([O-])C1=CC(=O)C(=O)C=C1. The fraction of sp³-hybridized carbons (Fsp3) is 0. The van der Waals surface area contributed by atoms with Crippen LogP contribution in [0.15, 0.2) is 23.8 Å². The van der Waals surface area contributed by atoms with Gasteiger partial charge in [0, 0.05) is 5.57 Å². The molecule has 0 radical (unpaired) electrons. The van der Waals surface area contributed by atoms with Crippen LogP contribution in [0.5, 0.6) is 0 Å². The lowest BCUT2D eigenvalue weighted by Gasteiger charge is -2.04. The highest BCUT2D eigenvalue weighted by Crippen LogP contribution is 2.02. The molecule has 1 aliphatic rings. The standard InChI is InChI=1S/C7H4O4/c8-5-2-1-4(7(10)11)3-6(5)9/h1-3H,(H,10,11)/p-1. The molecule has 4 heteroatoms. The second-order valence-corrected chi connectivity index (χ2v) is 1.95. The maximum Gasteiger partial charge on any atom is 0.226 e. The smallest absolute Gasteiger partial charge is 0.226 e. The minimum absolute atomic E-state index is 0.269. The van der Waals surface area contributed by atoms with E-state index in [9.17, 15) is 19.5 Å². The van der Waals surface area contributed by atoms with Crippen LogP contribution in [0.2, 0.25) is 0 Å². The number of carbonyl (C=O) groups excluding carboxylic acids is 3. The summed E-state index contributed by atoms with van der Waals surface area (Å²) in [6.07, 6.45) is 2.70. The number of hydrogen-bond donors (Lipinski definition) is 0. The molecule has 0 unspecified atom stereocenters. The first-order valence-electron chi connectivity index (χ1n) is 2.80. The lowest BCUT2D eigenvalue weighted by Crippen LogP contribution is -2.26. The van der Waals surface area contributed by atoms with Crippen LogP contribution in [0, 0.1) is 0 Å². The van der Waals surface area contributed by atoms with Gasteiger partial charge in [0.15, 0.2) is 0 Å². The van der Waals surface area contributed by atoms with Crippen molar-refractivity contribution in [1.29, 1.82) is 0 Å². The van der Waals surface area contributed by atoms with Crippen LogP contribution in [0.1, 0.15) is 0 Å². The monoisotopic (exact) mass is 151 g/mol. The molecule has 0 aromatic rings. The van der Waals surface area contributed by atoms with E-state index in [0.717, 1.165) is 18.2 Å². The fourth-order valence-corrected chi connectivity index (χ4v) is 0.635. The number of ketones is 2. The molecule has 0 saturated carbocycles. The third-order valence-corrected chi connectivity index (χ3v) is 1.18. The number of rotatable bonds is 1. The molecule has 0 bridgehead atoms. The van der Waals surface area contributed by atoms with Gasteiger partial charge in [-0.25, -0.2) is 0 Å². The van der Waals surface area contributed by atoms with Gasteiger partial charge in [-0.05, 0) is 18.2 Å². The van der Waals surface area contributed by atoms with Crippen molar-refractivity contribution in [3.05, 3.63) is 23.8 Å². The molecule has 0 aromatic carbocycles. The molecule has 0 aliphatic heterocycles. The Labute approximate surface area is 61.8 Å². The molecule has 0 spiro atoms. The van der Waals surface area contributed by atoms with Crippen molar-refractivity contribution in [2.75, 3.05) is 0 Å². The van der Waals surface area contributed by atoms with Crippen molar-refractivity contribution < 1.29 is 19.5 Å². The van der Waals surface area contributed by atoms with E-state index < -0.39 is 17.5 Å². The molecule has 0 aromatic heterocycles. The summed E-state index contributed by atoms with van der Waals surface area (Å²) in [6, 6.07) is 0. The highest BCUT2D eigenvalue weighted by molar-refractivity contribution is 6.47. The summed E-state index contributed by atoms with van der Waals surface area (Å²) in [4.78, 5) is 31.1. The third-order valence-electron chi connectivity index (χ3n) is 1.18. The molecule has 0 fully saturated rings. The van der Waals surface area contributed by atoms with E-state index in [1.807, 2.05) is 0 Å². The molecule has 1 rings (SSSR count). The van der Waals surface area contributed by atoms with Gasteiger partial charge in [0.2, 0.25) is 11.6 Å². The van der Waals surface area contributed by atoms with Crippen LogP contribution in [0.25, 0.3) is 0 Å². The largest absolute Gasteiger partial charge is 0.545 e. The first-order chi connectivity index (χ1) is 5.11. The number of aliphatic carboxylic acids is 1. The van der Waals surface area contributed by atoms with Gasteiger partial charge >= 0.3 is 0 Å². The van der Waals surface area contributed by atoms with E-state index in [4.69, 9.17) is 0 Å². The molecule has 0 amide bonds. The first kappa shape index (κ1) is 7.40. The van der Waals surface area contributed by atoms with Gasteiger partial charge < -0.3 is 9.90 Å². The highest BCUT2D eigenvalue weighted by atomic mass is 16.4. The quantitative estimate of drug-likeness (QED) is 0.333. The zero-order valence-corrected chi connectivity index (χ0v) is 5.37. The van der Waals surface area contributed by atoms with Crippen molar-refractivity contribution in [2.45, 2.75) is 0 Å². The molecule has 11 heavy (non-hydrogen) atoms. The summed E-state index contributed by atoms with van der Waals surface area (Å²) < 4.78 is 0. The second-order valence-electron chi connectivity index (χ2n) is 1.95. The molecule has 0 saturated heterocycles. The second kappa shape index (κ2) is 2.49. The van der Waals surface area contributed by atoms with Crippen molar-refractivity contribution in [1.82, 2.24) is 0 Å². The van der Waals surface area contributed by atoms with Crippen molar-refractivity contribution in [2.24, 2.45) is 0 Å². The van der Waals surface area contributed by atoms with Crippen LogP contribution >= 0.6 is 0 Å². The maximum absolute atomic E-state index is 10.5. The first-order valence-corrected chi connectivity index (χ1v) is 2.80. The van der Waals surface area contributed by atoms with Crippen LogP contribution < -0.4 is 5.11 Å². The van der Waals surface area contributed by atoms with E-state index in [0.29, 0.717) is 0 Å². The molecular formula is C7H3O4-. The van der Waals surface area contributed by atoms with Gasteiger partial charge in [-0.1, -0.05) is 0 Å².